The molecule has 1 aliphatic heterocycles. The molecule has 45 heavy (non-hydrogen) atoms. The molecule has 0 spiro atoms. The van der Waals surface area contributed by atoms with Gasteiger partial charge in [-0.3, -0.25) is 20.2 Å². The third-order valence-corrected chi connectivity index (χ3v) is 8.12. The zero-order valence-corrected chi connectivity index (χ0v) is 25.0. The first-order valence-corrected chi connectivity index (χ1v) is 15.2. The summed E-state index contributed by atoms with van der Waals surface area (Å²) >= 11 is 0. The lowest BCUT2D eigenvalue weighted by atomic mass is 9.98. The number of aromatic hydroxyl groups is 1. The second-order valence-electron chi connectivity index (χ2n) is 11.4. The van der Waals surface area contributed by atoms with Crippen LogP contribution in [-0.2, 0) is 11.2 Å². The number of carbonyl (C=O) groups excluding carboxylic acids is 1. The molecule has 0 atom stereocenters. The summed E-state index contributed by atoms with van der Waals surface area (Å²) in [5.74, 6) is 0.0274. The summed E-state index contributed by atoms with van der Waals surface area (Å²) in [4.78, 5) is 40.2. The highest BCUT2D eigenvalue weighted by atomic mass is 16.6. The summed E-state index contributed by atoms with van der Waals surface area (Å²) in [5.41, 5.74) is 5.57. The standard InChI is InChI=1S/C34H35N7O4/c1-22(42)36-34-35-21-30(39-34)24-11-13-26(14-12-24)37-32(31-28-20-27(41(44)45)15-16-29(28)38-33(31)43)25-9-7-23(8-10-25)6-5-19-40-17-3-2-4-18-40/h7-16,20-21,38,43H,2-6,17-19H2,1H3,(H2,35,36,39,42). The van der Waals surface area contributed by atoms with Crippen molar-refractivity contribution in [3.8, 4) is 17.1 Å². The van der Waals surface area contributed by atoms with E-state index in [4.69, 9.17) is 4.99 Å². The fraction of sp³-hybridized carbons (Fsp3) is 0.265. The average molecular weight is 606 g/mol. The third kappa shape index (κ3) is 6.94. The van der Waals surface area contributed by atoms with Crippen molar-refractivity contribution < 1.29 is 14.8 Å². The SMILES string of the molecule is CC(=O)Nc1ncc(-c2ccc(N=C(c3ccc(CCCN4CCCCC4)cc3)c3c(O)[nH]c4ccc([N+](=O)[O-])cc34)cc2)[nH]1. The molecular formula is C34H35N7O4. The van der Waals surface area contributed by atoms with Crippen molar-refractivity contribution in [2.45, 2.75) is 39.0 Å². The number of nitro benzene ring substituents is 1. The van der Waals surface area contributed by atoms with Gasteiger partial charge in [0, 0.05) is 35.5 Å². The lowest BCUT2D eigenvalue weighted by molar-refractivity contribution is -0.384. The maximum absolute atomic E-state index is 11.6. The first-order chi connectivity index (χ1) is 21.8. The number of nitrogens with zero attached hydrogens (tertiary/aromatic N) is 4. The summed E-state index contributed by atoms with van der Waals surface area (Å²) in [6.07, 6.45) is 7.59. The van der Waals surface area contributed by atoms with Gasteiger partial charge in [0.1, 0.15) is 0 Å². The highest BCUT2D eigenvalue weighted by molar-refractivity contribution is 6.22. The number of hydrogen-bond donors (Lipinski definition) is 4. The minimum absolute atomic E-state index is 0.0753. The Balaban J connectivity index is 1.32. The van der Waals surface area contributed by atoms with Crippen LogP contribution in [0.5, 0.6) is 5.88 Å². The van der Waals surface area contributed by atoms with Crippen LogP contribution in [-0.4, -0.2) is 61.1 Å². The van der Waals surface area contributed by atoms with Gasteiger partial charge in [-0.05, 0) is 74.6 Å². The highest BCUT2D eigenvalue weighted by Gasteiger charge is 2.21. The number of rotatable bonds is 10. The number of likely N-dealkylation sites (tertiary alicyclic amines) is 1. The van der Waals surface area contributed by atoms with Crippen LogP contribution in [0.1, 0.15) is 49.3 Å². The van der Waals surface area contributed by atoms with Crippen molar-refractivity contribution >= 4 is 39.8 Å². The van der Waals surface area contributed by atoms with Crippen molar-refractivity contribution in [1.82, 2.24) is 19.9 Å². The van der Waals surface area contributed by atoms with Gasteiger partial charge in [0.25, 0.3) is 5.69 Å². The molecule has 1 aliphatic rings. The van der Waals surface area contributed by atoms with Crippen LogP contribution >= 0.6 is 0 Å². The quantitative estimate of drug-likeness (QED) is 0.0788. The van der Waals surface area contributed by atoms with E-state index >= 15 is 0 Å². The molecule has 4 N–H and O–H groups in total. The number of aryl methyl sites for hydroxylation is 1. The van der Waals surface area contributed by atoms with Crippen molar-refractivity contribution in [3.05, 3.63) is 99.7 Å². The number of benzene rings is 3. The Hall–Kier alpha value is -5.29. The number of nitrogens with one attached hydrogen (secondary N) is 3. The predicted molar refractivity (Wildman–Crippen MR) is 175 cm³/mol. The number of aliphatic imine (C=N–C) groups is 1. The highest BCUT2D eigenvalue weighted by Crippen LogP contribution is 2.34. The van der Waals surface area contributed by atoms with Gasteiger partial charge >= 0.3 is 0 Å². The average Bonchev–Trinajstić information content (AvgIpc) is 3.63. The molecular weight excluding hydrogens is 570 g/mol. The van der Waals surface area contributed by atoms with Gasteiger partial charge in [-0.2, -0.15) is 0 Å². The van der Waals surface area contributed by atoms with Crippen molar-refractivity contribution in [3.63, 3.8) is 0 Å². The van der Waals surface area contributed by atoms with Gasteiger partial charge in [-0.25, -0.2) is 9.98 Å². The van der Waals surface area contributed by atoms with Gasteiger partial charge in [0.2, 0.25) is 11.9 Å². The summed E-state index contributed by atoms with van der Waals surface area (Å²) in [6.45, 7) is 4.89. The molecule has 0 bridgehead atoms. The van der Waals surface area contributed by atoms with Crippen molar-refractivity contribution in [2.24, 2.45) is 4.99 Å². The third-order valence-electron chi connectivity index (χ3n) is 8.12. The Kier molecular flexibility index (Phi) is 8.70. The van der Waals surface area contributed by atoms with E-state index in [0.29, 0.717) is 33.8 Å². The summed E-state index contributed by atoms with van der Waals surface area (Å²) < 4.78 is 0. The fourth-order valence-electron chi connectivity index (χ4n) is 5.85. The van der Waals surface area contributed by atoms with Crippen molar-refractivity contribution in [1.29, 1.82) is 0 Å². The number of non-ortho nitro benzene ring substituents is 1. The Morgan fingerprint density at radius 3 is 2.51 bits per heavy atom. The minimum Gasteiger partial charge on any atom is -0.494 e. The number of anilines is 1. The van der Waals surface area contributed by atoms with E-state index in [2.05, 4.69) is 37.3 Å². The number of hydrogen-bond acceptors (Lipinski definition) is 7. The number of H-pyrrole nitrogens is 2. The molecule has 5 aromatic rings. The number of piperidine rings is 1. The number of carbonyl (C=O) groups is 1. The van der Waals surface area contributed by atoms with E-state index in [1.807, 2.05) is 36.4 Å². The zero-order valence-electron chi connectivity index (χ0n) is 25.0. The Morgan fingerprint density at radius 2 is 1.80 bits per heavy atom. The molecule has 2 aromatic heterocycles. The van der Waals surface area contributed by atoms with Gasteiger partial charge in [0.15, 0.2) is 5.88 Å². The topological polar surface area (TPSA) is 153 Å². The van der Waals surface area contributed by atoms with E-state index in [0.717, 1.165) is 36.2 Å². The lowest BCUT2D eigenvalue weighted by Gasteiger charge is -2.26. The van der Waals surface area contributed by atoms with Crippen molar-refractivity contribution in [2.75, 3.05) is 25.0 Å². The Bertz CT molecular complexity index is 1850. The number of aromatic nitrogens is 3. The van der Waals surface area contributed by atoms with Gasteiger partial charge in [-0.1, -0.05) is 42.8 Å². The predicted octanol–water partition coefficient (Wildman–Crippen LogP) is 6.72. The smallest absolute Gasteiger partial charge is 0.270 e. The molecule has 11 nitrogen and oxygen atoms in total. The van der Waals surface area contributed by atoms with Gasteiger partial charge < -0.3 is 20.0 Å². The monoisotopic (exact) mass is 605 g/mol. The summed E-state index contributed by atoms with van der Waals surface area (Å²) in [7, 11) is 0. The molecule has 1 amide bonds. The number of aromatic amines is 2. The van der Waals surface area contributed by atoms with E-state index in [1.165, 1.54) is 57.0 Å². The van der Waals surface area contributed by atoms with Crippen LogP contribution in [0.4, 0.5) is 17.3 Å². The molecule has 0 unspecified atom stereocenters. The van der Waals surface area contributed by atoms with Crippen LogP contribution < -0.4 is 5.32 Å². The zero-order chi connectivity index (χ0) is 31.3. The number of amides is 1. The van der Waals surface area contributed by atoms with Crippen LogP contribution in [0.2, 0.25) is 0 Å². The molecule has 1 fully saturated rings. The van der Waals surface area contributed by atoms with Crippen LogP contribution in [0.15, 0.2) is 77.9 Å². The van der Waals surface area contributed by atoms with Gasteiger partial charge in [-0.15, -0.1) is 0 Å². The normalized spacial score (nSPS) is 14.1. The molecule has 11 heteroatoms. The van der Waals surface area contributed by atoms with Gasteiger partial charge in [0.05, 0.1) is 33.8 Å². The minimum atomic E-state index is -0.450. The second-order valence-corrected chi connectivity index (χ2v) is 11.4. The Labute approximate surface area is 260 Å². The Morgan fingerprint density at radius 1 is 1.04 bits per heavy atom. The number of imidazole rings is 1. The van der Waals surface area contributed by atoms with Crippen LogP contribution in [0, 0.1) is 10.1 Å². The van der Waals surface area contributed by atoms with E-state index in [-0.39, 0.29) is 17.5 Å². The lowest BCUT2D eigenvalue weighted by Crippen LogP contribution is -2.30. The van der Waals surface area contributed by atoms with Crippen LogP contribution in [0.3, 0.4) is 0 Å². The van der Waals surface area contributed by atoms with E-state index in [9.17, 15) is 20.0 Å². The number of nitro groups is 1. The first kappa shape index (κ1) is 29.8. The summed E-state index contributed by atoms with van der Waals surface area (Å²) in [5, 5.41) is 25.8. The second kappa shape index (κ2) is 13.1. The molecule has 3 aromatic carbocycles. The molecule has 3 heterocycles. The molecule has 0 saturated carbocycles. The molecule has 0 radical (unpaired) electrons. The molecule has 230 valence electrons. The summed E-state index contributed by atoms with van der Waals surface area (Å²) in [6, 6.07) is 20.1. The molecule has 6 rings (SSSR count). The van der Waals surface area contributed by atoms with Crippen LogP contribution in [0.25, 0.3) is 22.2 Å². The maximum Gasteiger partial charge on any atom is 0.270 e. The first-order valence-electron chi connectivity index (χ1n) is 15.2. The maximum atomic E-state index is 11.6. The number of fused-ring (bicyclic) bond motifs is 1. The van der Waals surface area contributed by atoms with E-state index < -0.39 is 4.92 Å². The van der Waals surface area contributed by atoms with E-state index in [1.54, 1.807) is 12.3 Å². The molecule has 0 aliphatic carbocycles. The fourth-order valence-corrected chi connectivity index (χ4v) is 5.85. The molecule has 1 saturated heterocycles. The largest absolute Gasteiger partial charge is 0.494 e.